The number of allylic oxidation sites excluding steroid dienone is 1. The first-order valence-corrected chi connectivity index (χ1v) is 19.7. The molecule has 1 saturated heterocycles. The zero-order valence-electron chi connectivity index (χ0n) is 29.8. The molecule has 16 heteroatoms. The topological polar surface area (TPSA) is 181 Å². The van der Waals surface area contributed by atoms with E-state index in [2.05, 4.69) is 15.4 Å². The standard InChI is InChI=1S/C36H48FN5O9S/c1-35(2,3)51-33(46)38-28-13-8-6-4-5-7-11-23-19-36(23,32(45)40-52(48,49)25-14-15-25)39-30(43)29-18-24(21-42(29)31(28)44)50-34(47)41-17-16-26-22(20-41)10-9-12-27(26)37/h7,9-12,23-25,28-29H,4-6,8,13-21H2,1-3H3,(H,38,46)(H,39,43)(H,40,45)/t23-,24-,28+,29+,36-/m1/s1. The quantitative estimate of drug-likeness (QED) is 0.382. The smallest absolute Gasteiger partial charge is 0.410 e. The van der Waals surface area contributed by atoms with Gasteiger partial charge in [0.1, 0.15) is 35.1 Å². The number of alkyl carbamates (subject to hydrolysis) is 1. The summed E-state index contributed by atoms with van der Waals surface area (Å²) in [6, 6.07) is 2.41. The van der Waals surface area contributed by atoms with Gasteiger partial charge in [0.15, 0.2) is 0 Å². The van der Waals surface area contributed by atoms with Gasteiger partial charge in [-0.1, -0.05) is 37.1 Å². The second kappa shape index (κ2) is 14.7. The number of nitrogens with zero attached hydrogens (tertiary/aromatic N) is 2. The van der Waals surface area contributed by atoms with E-state index in [-0.39, 0.29) is 44.7 Å². The van der Waals surface area contributed by atoms with Crippen molar-refractivity contribution in [3.05, 3.63) is 47.3 Å². The lowest BCUT2D eigenvalue weighted by molar-refractivity contribution is -0.141. The number of carbonyl (C=O) groups is 5. The maximum absolute atomic E-state index is 14.3. The van der Waals surface area contributed by atoms with E-state index in [0.717, 1.165) is 12.8 Å². The Kier molecular flexibility index (Phi) is 10.6. The molecule has 3 heterocycles. The lowest BCUT2D eigenvalue weighted by Crippen LogP contribution is -2.58. The molecular formula is C36H48FN5O9S. The van der Waals surface area contributed by atoms with E-state index in [4.69, 9.17) is 9.47 Å². The van der Waals surface area contributed by atoms with Gasteiger partial charge in [-0.05, 0) is 82.9 Å². The second-order valence-electron chi connectivity index (χ2n) is 15.5. The molecule has 5 aliphatic rings. The number of rotatable bonds is 5. The molecule has 0 spiro atoms. The van der Waals surface area contributed by atoms with Crippen LogP contribution in [-0.2, 0) is 46.8 Å². The van der Waals surface area contributed by atoms with Crippen LogP contribution >= 0.6 is 0 Å². The first kappa shape index (κ1) is 37.5. The van der Waals surface area contributed by atoms with Crippen molar-refractivity contribution in [2.24, 2.45) is 5.92 Å². The van der Waals surface area contributed by atoms with Crippen LogP contribution in [-0.4, -0.2) is 95.8 Å². The number of fused-ring (bicyclic) bond motifs is 3. The maximum Gasteiger partial charge on any atom is 0.410 e. The Balaban J connectivity index is 1.25. The molecular weight excluding hydrogens is 697 g/mol. The average molecular weight is 746 g/mol. The number of sulfonamides is 1. The van der Waals surface area contributed by atoms with E-state index in [1.54, 1.807) is 32.9 Å². The highest BCUT2D eigenvalue weighted by Crippen LogP contribution is 2.46. The highest BCUT2D eigenvalue weighted by Gasteiger charge is 2.62. The number of amides is 5. The molecule has 6 rings (SSSR count). The maximum atomic E-state index is 14.3. The molecule has 14 nitrogen and oxygen atoms in total. The van der Waals surface area contributed by atoms with Gasteiger partial charge in [-0.3, -0.25) is 19.1 Å². The van der Waals surface area contributed by atoms with Gasteiger partial charge in [0.25, 0.3) is 5.91 Å². The number of benzene rings is 1. The van der Waals surface area contributed by atoms with Crippen molar-refractivity contribution >= 4 is 39.9 Å². The highest BCUT2D eigenvalue weighted by atomic mass is 32.2. The predicted molar refractivity (Wildman–Crippen MR) is 185 cm³/mol. The predicted octanol–water partition coefficient (Wildman–Crippen LogP) is 3.19. The largest absolute Gasteiger partial charge is 0.444 e. The fourth-order valence-electron chi connectivity index (χ4n) is 7.23. The van der Waals surface area contributed by atoms with Crippen molar-refractivity contribution in [3.8, 4) is 0 Å². The summed E-state index contributed by atoms with van der Waals surface area (Å²) < 4.78 is 53.3. The third-order valence-electron chi connectivity index (χ3n) is 10.3. The molecule has 284 valence electrons. The van der Waals surface area contributed by atoms with Gasteiger partial charge < -0.3 is 29.9 Å². The number of carbonyl (C=O) groups excluding carboxylic acids is 5. The van der Waals surface area contributed by atoms with E-state index < -0.39 is 80.4 Å². The first-order chi connectivity index (χ1) is 24.6. The van der Waals surface area contributed by atoms with Crippen molar-refractivity contribution in [3.63, 3.8) is 0 Å². The molecule has 3 N–H and O–H groups in total. The minimum Gasteiger partial charge on any atom is -0.444 e. The van der Waals surface area contributed by atoms with Gasteiger partial charge in [0, 0.05) is 25.4 Å². The fraction of sp³-hybridized carbons (Fsp3) is 0.639. The summed E-state index contributed by atoms with van der Waals surface area (Å²) in [6.45, 7) is 5.26. The Hall–Kier alpha value is -4.21. The lowest BCUT2D eigenvalue weighted by atomic mass is 9.99. The summed E-state index contributed by atoms with van der Waals surface area (Å²) in [5.41, 5.74) is -1.18. The first-order valence-electron chi connectivity index (χ1n) is 18.1. The number of halogens is 1. The van der Waals surface area contributed by atoms with Gasteiger partial charge in [-0.15, -0.1) is 0 Å². The molecule has 2 aliphatic carbocycles. The van der Waals surface area contributed by atoms with E-state index in [0.29, 0.717) is 43.2 Å². The van der Waals surface area contributed by atoms with Crippen molar-refractivity contribution in [1.29, 1.82) is 0 Å². The molecule has 0 aromatic heterocycles. The molecule has 1 aromatic rings. The Labute approximate surface area is 303 Å². The molecule has 0 radical (unpaired) electrons. The summed E-state index contributed by atoms with van der Waals surface area (Å²) in [6.07, 6.45) is 5.55. The molecule has 1 aromatic carbocycles. The SMILES string of the molecule is CC(C)(C)OC(=O)N[C@H]1CCCCCC=C[C@@H]2C[C@@]2(C(=O)NS(=O)(=O)C2CC2)NC(=O)[C@@H]2C[C@@H](OC(=O)N3CCc4c(F)cccc4C3)CN2C1=O. The number of hydrogen-bond donors (Lipinski definition) is 3. The average Bonchev–Trinajstić information content (AvgIpc) is 3.99. The Morgan fingerprint density at radius 3 is 2.58 bits per heavy atom. The van der Waals surface area contributed by atoms with E-state index in [9.17, 15) is 36.8 Å². The Morgan fingerprint density at radius 2 is 1.85 bits per heavy atom. The summed E-state index contributed by atoms with van der Waals surface area (Å²) >= 11 is 0. The van der Waals surface area contributed by atoms with Crippen LogP contribution in [0.3, 0.4) is 0 Å². The second-order valence-corrected chi connectivity index (χ2v) is 17.5. The van der Waals surface area contributed by atoms with Crippen LogP contribution in [0.5, 0.6) is 0 Å². The van der Waals surface area contributed by atoms with Gasteiger partial charge in [-0.25, -0.2) is 22.4 Å². The van der Waals surface area contributed by atoms with Crippen LogP contribution in [0.1, 0.15) is 89.7 Å². The van der Waals surface area contributed by atoms with Gasteiger partial charge in [0.2, 0.25) is 21.8 Å². The van der Waals surface area contributed by atoms with E-state index >= 15 is 0 Å². The highest BCUT2D eigenvalue weighted by molar-refractivity contribution is 7.91. The molecule has 5 atom stereocenters. The third-order valence-corrected chi connectivity index (χ3v) is 12.1. The monoisotopic (exact) mass is 745 g/mol. The summed E-state index contributed by atoms with van der Waals surface area (Å²) in [4.78, 5) is 71.1. The van der Waals surface area contributed by atoms with Crippen LogP contribution in [0.25, 0.3) is 0 Å². The molecule has 2 saturated carbocycles. The Bertz CT molecular complexity index is 1740. The summed E-state index contributed by atoms with van der Waals surface area (Å²) in [5, 5.41) is 4.81. The van der Waals surface area contributed by atoms with E-state index in [1.807, 2.05) is 12.2 Å². The van der Waals surface area contributed by atoms with Crippen molar-refractivity contribution in [2.45, 2.75) is 126 Å². The molecule has 52 heavy (non-hydrogen) atoms. The fourth-order valence-corrected chi connectivity index (χ4v) is 8.60. The Morgan fingerprint density at radius 1 is 1.08 bits per heavy atom. The van der Waals surface area contributed by atoms with Crippen molar-refractivity contribution < 1.29 is 46.3 Å². The summed E-state index contributed by atoms with van der Waals surface area (Å²) in [5.74, 6) is -2.94. The van der Waals surface area contributed by atoms with Crippen molar-refractivity contribution in [2.75, 3.05) is 13.1 Å². The van der Waals surface area contributed by atoms with Gasteiger partial charge in [-0.2, -0.15) is 0 Å². The molecule has 3 aliphatic heterocycles. The number of ether oxygens (including phenoxy) is 2. The van der Waals surface area contributed by atoms with Gasteiger partial charge in [0.05, 0.1) is 11.8 Å². The van der Waals surface area contributed by atoms with Crippen LogP contribution in [0.2, 0.25) is 0 Å². The number of nitrogens with one attached hydrogen (secondary N) is 3. The minimum atomic E-state index is -3.92. The normalized spacial score (nSPS) is 28.2. The molecule has 5 amide bonds. The molecule has 0 unspecified atom stereocenters. The van der Waals surface area contributed by atoms with E-state index in [1.165, 1.54) is 15.9 Å². The lowest BCUT2D eigenvalue weighted by Gasteiger charge is -2.30. The van der Waals surface area contributed by atoms with Crippen LogP contribution < -0.4 is 15.4 Å². The van der Waals surface area contributed by atoms with Crippen LogP contribution in [0.15, 0.2) is 30.4 Å². The van der Waals surface area contributed by atoms with Gasteiger partial charge >= 0.3 is 12.2 Å². The van der Waals surface area contributed by atoms with Crippen LogP contribution in [0, 0.1) is 11.7 Å². The molecule has 0 bridgehead atoms. The summed E-state index contributed by atoms with van der Waals surface area (Å²) in [7, 11) is -3.92. The zero-order chi connectivity index (χ0) is 37.4. The molecule has 3 fully saturated rings. The minimum absolute atomic E-state index is 0.111. The third kappa shape index (κ3) is 8.53. The zero-order valence-corrected chi connectivity index (χ0v) is 30.6. The number of hydrogen-bond acceptors (Lipinski definition) is 9. The van der Waals surface area contributed by atoms with Crippen molar-refractivity contribution in [1.82, 2.24) is 25.2 Å². The van der Waals surface area contributed by atoms with Crippen LogP contribution in [0.4, 0.5) is 14.0 Å².